The van der Waals surface area contributed by atoms with Crippen molar-refractivity contribution in [2.45, 2.75) is 5.92 Å². The van der Waals surface area contributed by atoms with Crippen LogP contribution in [0, 0.1) is 0 Å². The molecule has 1 heterocycles. The first-order valence-corrected chi connectivity index (χ1v) is 3.17. The van der Waals surface area contributed by atoms with Crippen molar-refractivity contribution in [2.24, 2.45) is 0 Å². The Morgan fingerprint density at radius 3 is 2.73 bits per heavy atom. The zero-order chi connectivity index (χ0) is 8.48. The highest BCUT2D eigenvalue weighted by atomic mass is 32.1. The molecule has 0 spiro atoms. The maximum absolute atomic E-state index is 12.4. The zero-order valence-electron chi connectivity index (χ0n) is 4.99. The van der Waals surface area contributed by atoms with E-state index in [0.717, 1.165) is 6.20 Å². The van der Waals surface area contributed by atoms with Gasteiger partial charge in [0.2, 0.25) is 0 Å². The molecular weight excluding hydrogens is 178 g/mol. The van der Waals surface area contributed by atoms with Gasteiger partial charge in [-0.2, -0.15) is 17.5 Å². The van der Waals surface area contributed by atoms with Crippen LogP contribution in [0.4, 0.5) is 8.78 Å². The SMILES string of the molecule is O=C(O)C(F)(F)c1cnsn1. The van der Waals surface area contributed by atoms with Crippen LogP contribution in [0.2, 0.25) is 0 Å². The van der Waals surface area contributed by atoms with Crippen LogP contribution in [0.25, 0.3) is 0 Å². The molecule has 0 saturated carbocycles. The second kappa shape index (κ2) is 2.50. The summed E-state index contributed by atoms with van der Waals surface area (Å²) in [6.07, 6.45) is 0.735. The number of hydrogen-bond donors (Lipinski definition) is 1. The molecule has 0 amide bonds. The molecule has 0 atom stereocenters. The molecule has 0 saturated heterocycles. The molecule has 0 aliphatic heterocycles. The van der Waals surface area contributed by atoms with Gasteiger partial charge in [0.15, 0.2) is 5.69 Å². The molecule has 0 unspecified atom stereocenters. The molecule has 4 nitrogen and oxygen atoms in total. The third-order valence-electron chi connectivity index (χ3n) is 0.952. The number of carbonyl (C=O) groups is 1. The number of alkyl halides is 2. The number of carboxylic acid groups (broad SMARTS) is 1. The molecule has 1 aromatic rings. The Morgan fingerprint density at radius 2 is 2.36 bits per heavy atom. The lowest BCUT2D eigenvalue weighted by molar-refractivity contribution is -0.166. The Bertz CT molecular complexity index is 261. The van der Waals surface area contributed by atoms with Gasteiger partial charge >= 0.3 is 11.9 Å². The van der Waals surface area contributed by atoms with Crippen LogP contribution in [0.1, 0.15) is 5.69 Å². The summed E-state index contributed by atoms with van der Waals surface area (Å²) in [5.74, 6) is -6.14. The van der Waals surface area contributed by atoms with E-state index in [2.05, 4.69) is 8.75 Å². The monoisotopic (exact) mass is 180 g/mol. The molecule has 7 heteroatoms. The Hall–Kier alpha value is -1.11. The summed E-state index contributed by atoms with van der Waals surface area (Å²) in [5.41, 5.74) is -0.824. The summed E-state index contributed by atoms with van der Waals surface area (Å²) in [6.45, 7) is 0. The van der Waals surface area contributed by atoms with Crippen LogP contribution in [0.15, 0.2) is 6.20 Å². The summed E-state index contributed by atoms with van der Waals surface area (Å²) in [4.78, 5) is 9.91. The summed E-state index contributed by atoms with van der Waals surface area (Å²) in [6, 6.07) is 0. The average molecular weight is 180 g/mol. The fraction of sp³-hybridized carbons (Fsp3) is 0.250. The van der Waals surface area contributed by atoms with Crippen molar-refractivity contribution in [3.05, 3.63) is 11.9 Å². The van der Waals surface area contributed by atoms with E-state index >= 15 is 0 Å². The third-order valence-corrected chi connectivity index (χ3v) is 1.43. The molecular formula is C4H2F2N2O2S. The lowest BCUT2D eigenvalue weighted by atomic mass is 10.3. The fourth-order valence-electron chi connectivity index (χ4n) is 0.413. The minimum atomic E-state index is -3.92. The van der Waals surface area contributed by atoms with Gasteiger partial charge in [-0.15, -0.1) is 0 Å². The largest absolute Gasteiger partial charge is 0.476 e. The molecule has 11 heavy (non-hydrogen) atoms. The van der Waals surface area contributed by atoms with E-state index in [-0.39, 0.29) is 0 Å². The number of nitrogens with zero attached hydrogens (tertiary/aromatic N) is 2. The molecule has 1 aromatic heterocycles. The van der Waals surface area contributed by atoms with Crippen molar-refractivity contribution >= 4 is 17.7 Å². The highest BCUT2D eigenvalue weighted by Crippen LogP contribution is 2.26. The number of rotatable bonds is 2. The van der Waals surface area contributed by atoms with Crippen molar-refractivity contribution in [1.82, 2.24) is 8.75 Å². The minimum Gasteiger partial charge on any atom is -0.476 e. The Labute approximate surface area is 63.8 Å². The number of carboxylic acids is 1. The first-order valence-electron chi connectivity index (χ1n) is 2.44. The lowest BCUT2D eigenvalue weighted by Crippen LogP contribution is -2.25. The van der Waals surface area contributed by atoms with Crippen LogP contribution in [-0.2, 0) is 10.7 Å². The molecule has 0 bridgehead atoms. The average Bonchev–Trinajstić information content (AvgIpc) is 2.37. The molecule has 1 N–H and O–H groups in total. The molecule has 60 valence electrons. The van der Waals surface area contributed by atoms with E-state index in [1.54, 1.807) is 0 Å². The van der Waals surface area contributed by atoms with Gasteiger partial charge in [0.05, 0.1) is 17.9 Å². The van der Waals surface area contributed by atoms with E-state index in [9.17, 15) is 13.6 Å². The van der Waals surface area contributed by atoms with Gasteiger partial charge in [-0.3, -0.25) is 0 Å². The summed E-state index contributed by atoms with van der Waals surface area (Å²) < 4.78 is 31.2. The van der Waals surface area contributed by atoms with Crippen molar-refractivity contribution < 1.29 is 18.7 Å². The van der Waals surface area contributed by atoms with Gasteiger partial charge in [0.25, 0.3) is 0 Å². The van der Waals surface area contributed by atoms with Gasteiger partial charge in [0.1, 0.15) is 0 Å². The maximum Gasteiger partial charge on any atom is 0.386 e. The molecule has 1 rings (SSSR count). The summed E-state index contributed by atoms with van der Waals surface area (Å²) in [5, 5.41) is 8.00. The molecule has 0 aliphatic rings. The molecule has 0 radical (unpaired) electrons. The first-order chi connectivity index (χ1) is 5.05. The van der Waals surface area contributed by atoms with Crippen LogP contribution in [0.3, 0.4) is 0 Å². The van der Waals surface area contributed by atoms with Crippen molar-refractivity contribution in [1.29, 1.82) is 0 Å². The lowest BCUT2D eigenvalue weighted by Gasteiger charge is -2.04. The Morgan fingerprint density at radius 1 is 1.73 bits per heavy atom. The quantitative estimate of drug-likeness (QED) is 0.728. The first kappa shape index (κ1) is 7.99. The third kappa shape index (κ3) is 1.32. The van der Waals surface area contributed by atoms with E-state index in [4.69, 9.17) is 5.11 Å². The number of hydrogen-bond acceptors (Lipinski definition) is 4. The number of aliphatic carboxylic acids is 1. The fourth-order valence-corrected chi connectivity index (χ4v) is 0.856. The molecule has 0 fully saturated rings. The van der Waals surface area contributed by atoms with Crippen molar-refractivity contribution in [2.75, 3.05) is 0 Å². The minimum absolute atomic E-state index is 0.541. The van der Waals surface area contributed by atoms with Crippen molar-refractivity contribution in [3.63, 3.8) is 0 Å². The zero-order valence-corrected chi connectivity index (χ0v) is 5.81. The van der Waals surface area contributed by atoms with Crippen LogP contribution in [0.5, 0.6) is 0 Å². The van der Waals surface area contributed by atoms with E-state index in [1.807, 2.05) is 0 Å². The van der Waals surface area contributed by atoms with E-state index < -0.39 is 17.6 Å². The van der Waals surface area contributed by atoms with Gasteiger partial charge < -0.3 is 5.11 Å². The van der Waals surface area contributed by atoms with Crippen LogP contribution >= 0.6 is 11.7 Å². The standard InChI is InChI=1S/C4H2F2N2O2S/c5-4(6,3(9)10)2-1-7-11-8-2/h1H,(H,9,10). The van der Waals surface area contributed by atoms with Gasteiger partial charge in [-0.05, 0) is 0 Å². The van der Waals surface area contributed by atoms with Gasteiger partial charge in [0, 0.05) is 0 Å². The Balaban J connectivity index is 3.00. The molecule has 0 aliphatic carbocycles. The predicted molar refractivity (Wildman–Crippen MR) is 31.4 cm³/mol. The van der Waals surface area contributed by atoms with E-state index in [0.29, 0.717) is 11.7 Å². The predicted octanol–water partition coefficient (Wildman–Crippen LogP) is 0.715. The van der Waals surface area contributed by atoms with Crippen LogP contribution < -0.4 is 0 Å². The summed E-state index contributed by atoms with van der Waals surface area (Å²) in [7, 11) is 0. The second-order valence-electron chi connectivity index (χ2n) is 1.67. The highest BCUT2D eigenvalue weighted by molar-refractivity contribution is 6.99. The number of halogens is 2. The van der Waals surface area contributed by atoms with E-state index in [1.165, 1.54) is 0 Å². The number of aromatic nitrogens is 2. The topological polar surface area (TPSA) is 63.1 Å². The van der Waals surface area contributed by atoms with Crippen LogP contribution in [-0.4, -0.2) is 19.8 Å². The van der Waals surface area contributed by atoms with Gasteiger partial charge in [-0.25, -0.2) is 4.79 Å². The maximum atomic E-state index is 12.4. The summed E-state index contributed by atoms with van der Waals surface area (Å²) >= 11 is 0.541. The Kier molecular flexibility index (Phi) is 1.81. The van der Waals surface area contributed by atoms with Crippen molar-refractivity contribution in [3.8, 4) is 0 Å². The smallest absolute Gasteiger partial charge is 0.386 e. The highest BCUT2D eigenvalue weighted by Gasteiger charge is 2.43. The molecule has 0 aromatic carbocycles. The second-order valence-corrected chi connectivity index (χ2v) is 2.23. The normalized spacial score (nSPS) is 11.5. The van der Waals surface area contributed by atoms with Gasteiger partial charge in [-0.1, -0.05) is 0 Å².